The van der Waals surface area contributed by atoms with Gasteiger partial charge in [-0.2, -0.15) is 0 Å². The number of aromatic hydroxyl groups is 1. The number of phenols is 1. The predicted octanol–water partition coefficient (Wildman–Crippen LogP) is 4.32. The van der Waals surface area contributed by atoms with Gasteiger partial charge in [0.15, 0.2) is 5.72 Å². The number of hydrogen-bond donors (Lipinski definition) is 17. The number of anilines is 1. The average molecular weight is 1930 g/mol. The molecule has 3 aliphatic rings. The average Bonchev–Trinajstić information content (AvgIpc) is 1.57. The number of aromatic nitrogens is 1. The Morgan fingerprint density at radius 3 is 2.10 bits per heavy atom. The molecule has 1 aromatic heterocycles. The largest absolute Gasteiger partial charge is 0.508 e. The molecule has 42 heteroatoms. The molecule has 4 aromatic carbocycles. The van der Waals surface area contributed by atoms with Crippen molar-refractivity contribution in [2.45, 2.75) is 222 Å². The molecule has 0 aliphatic carbocycles. The molecule has 3 aliphatic heterocycles. The third kappa shape index (κ3) is 30.3. The molecule has 722 valence electrons. The summed E-state index contributed by atoms with van der Waals surface area (Å²) >= 11 is 6.86. The van der Waals surface area contributed by atoms with Crippen molar-refractivity contribution < 1.29 is 106 Å². The minimum absolute atomic E-state index is 0.0594. The first kappa shape index (κ1) is 107. The lowest BCUT2D eigenvalue weighted by Crippen LogP contribution is -2.63. The zero-order chi connectivity index (χ0) is 96.8. The van der Waals surface area contributed by atoms with Crippen molar-refractivity contribution in [2.24, 2.45) is 11.7 Å². The molecule has 0 radical (unpaired) electrons. The molecule has 13 amide bonds. The van der Waals surface area contributed by atoms with Crippen LogP contribution in [0.2, 0.25) is 5.02 Å². The first-order valence-electron chi connectivity index (χ1n) is 43.4. The highest BCUT2D eigenvalue weighted by molar-refractivity contribution is 8.77. The number of phenolic OH excluding ortho intramolecular Hbond substituents is 1. The van der Waals surface area contributed by atoms with E-state index in [-0.39, 0.29) is 92.6 Å². The number of likely N-dealkylation sites (N-methyl/N-ethyl adjacent to an activating group) is 1. The number of esters is 1. The van der Waals surface area contributed by atoms with Gasteiger partial charge in [0.05, 0.1) is 37.5 Å². The number of cyclic esters (lactones) is 1. The smallest absolute Gasteiger partial charge is 0.409 e. The molecule has 18 atom stereocenters. The fourth-order valence-corrected chi connectivity index (χ4v) is 19.5. The molecule has 3 fully saturated rings. The van der Waals surface area contributed by atoms with E-state index in [1.165, 1.54) is 111 Å². The third-order valence-electron chi connectivity index (χ3n) is 23.0. The molecule has 0 spiro atoms. The van der Waals surface area contributed by atoms with Crippen LogP contribution >= 0.6 is 54.8 Å². The van der Waals surface area contributed by atoms with Gasteiger partial charge in [-0.1, -0.05) is 140 Å². The Balaban J connectivity index is 0.974. The summed E-state index contributed by atoms with van der Waals surface area (Å²) in [4.78, 5) is 194. The highest BCUT2D eigenvalue weighted by Crippen LogP contribution is 2.49. The van der Waals surface area contributed by atoms with E-state index in [4.69, 9.17) is 41.0 Å². The zero-order valence-corrected chi connectivity index (χ0v) is 80.0. The topological polar surface area (TPSA) is 533 Å². The van der Waals surface area contributed by atoms with Crippen LogP contribution in [0.25, 0.3) is 10.9 Å². The molecule has 0 bridgehead atoms. The summed E-state index contributed by atoms with van der Waals surface area (Å²) in [7, 11) is 9.99. The van der Waals surface area contributed by atoms with E-state index in [9.17, 15) is 68.4 Å². The van der Waals surface area contributed by atoms with Gasteiger partial charge in [-0.25, -0.2) is 14.4 Å². The number of hydrogen-bond acceptors (Lipinski definition) is 27. The highest BCUT2D eigenvalue weighted by Gasteiger charge is 2.65. The number of carbonyl (C=O) groups excluding carboxylic acids is 13. The lowest BCUT2D eigenvalue weighted by Gasteiger charge is -2.42. The van der Waals surface area contributed by atoms with Crippen LogP contribution < -0.4 is 73.9 Å². The number of unbranched alkanes of at least 4 members (excludes halogenated alkanes) is 1. The second kappa shape index (κ2) is 51.2. The number of methoxy groups -OCH3 is 2. The summed E-state index contributed by atoms with van der Waals surface area (Å²) < 4.78 is 29.3. The summed E-state index contributed by atoms with van der Waals surface area (Å²) in [6.45, 7) is 16.8. The van der Waals surface area contributed by atoms with Crippen molar-refractivity contribution in [1.29, 1.82) is 0 Å². The van der Waals surface area contributed by atoms with Gasteiger partial charge in [-0.05, 0) is 133 Å². The number of fused-ring (bicyclic) bond motifs is 1. The first-order valence-corrected chi connectivity index (χ1v) is 48.8. The lowest BCUT2D eigenvalue weighted by molar-refractivity contribution is -0.162. The lowest BCUT2D eigenvalue weighted by atomic mass is 9.83. The maximum atomic E-state index is 15.2. The van der Waals surface area contributed by atoms with Crippen LogP contribution in [-0.2, 0) is 97.4 Å². The number of aliphatic hydroxyl groups is 3. The number of rotatable bonds is 41. The van der Waals surface area contributed by atoms with E-state index in [0.29, 0.717) is 51.9 Å². The molecule has 132 heavy (non-hydrogen) atoms. The molecular formula is C90H124ClN15O22S4. The van der Waals surface area contributed by atoms with Gasteiger partial charge in [0, 0.05) is 112 Å². The Bertz CT molecular complexity index is 4870. The minimum Gasteiger partial charge on any atom is -0.508 e. The predicted molar refractivity (Wildman–Crippen MR) is 505 cm³/mol. The van der Waals surface area contributed by atoms with Gasteiger partial charge in [0.2, 0.25) is 59.1 Å². The number of carbonyl (C=O) groups is 13. The fourth-order valence-electron chi connectivity index (χ4n) is 15.0. The molecule has 3 saturated heterocycles. The standard InChI is InChI=1S/C90H124ClN15O22S4/c1-14-49(4)38-56-41-67(74(91)68(42-56)124-12)106(11)73(111)44-71(89(9)77(128-89)50(5)69-45-90(123,70(15-2)125-13)104-88(122)126-69)127-86(120)51(6)105(10)72(110)33-36-129-130-37-35-94-84(118)75(52(7)107)102-83(117)66-48-132-131-47-65(99-80(114)63(101-87(121)93-16-3)39-54-24-18-17-19-25-54)82(116)97-62(40-55-29-31-58(109)32-30-55)79(113)98-64(43-57-46-95-60-27-21-20-26-59(57)60)81(115)96-61(28-22-23-34-92)78(112)103-76(53(8)108)85(119)100-66/h14-15,17-21,24-27,29-32,41-42,46,50-53,61-66,69-71,75-77,95,107-109,123H,2,16,22-23,28,33-40,43-45,47-48,92H2,1,3-13H3,(H,94,118)(H,96,115)(H,97,116)(H,98,113)(H,99,114)(H,100,119)(H,102,117)(H,103,112)(H,104,122)(H2,93,101,121)/b49-14+/t50-,51+,52-,53-,61+,62+,63-,64-,65+,66+,69+,70-,71+,75+,76+,77+,89+,90+/m1/s1. The van der Waals surface area contributed by atoms with E-state index >= 15 is 14.4 Å². The van der Waals surface area contributed by atoms with E-state index < -0.39 is 198 Å². The summed E-state index contributed by atoms with van der Waals surface area (Å²) in [6.07, 6.45) is -3.69. The normalized spacial score (nSPS) is 23.0. The number of nitrogens with two attached hydrogens (primary N) is 1. The first-order chi connectivity index (χ1) is 62.8. The van der Waals surface area contributed by atoms with E-state index in [1.54, 1.807) is 93.7 Å². The molecule has 0 unspecified atom stereocenters. The van der Waals surface area contributed by atoms with Gasteiger partial charge in [0.1, 0.15) is 94.8 Å². The number of nitrogens with one attached hydrogen (secondary N) is 12. The summed E-state index contributed by atoms with van der Waals surface area (Å²) in [5.74, 6) is -10.4. The van der Waals surface area contributed by atoms with Crippen LogP contribution in [0.3, 0.4) is 0 Å². The van der Waals surface area contributed by atoms with Crippen LogP contribution in [0, 0.1) is 5.92 Å². The molecule has 5 aromatic rings. The number of ether oxygens (including phenoxy) is 5. The van der Waals surface area contributed by atoms with E-state index in [0.717, 1.165) is 32.7 Å². The van der Waals surface area contributed by atoms with Crippen molar-refractivity contribution >= 4 is 149 Å². The molecular weight excluding hydrogens is 1810 g/mol. The number of benzene rings is 4. The van der Waals surface area contributed by atoms with Gasteiger partial charge < -0.3 is 118 Å². The second-order valence-electron chi connectivity index (χ2n) is 32.9. The summed E-state index contributed by atoms with van der Waals surface area (Å²) in [5, 5.41) is 74.4. The number of para-hydroxylation sites is 1. The molecule has 18 N–H and O–H groups in total. The van der Waals surface area contributed by atoms with Gasteiger partial charge in [-0.3, -0.25) is 53.3 Å². The van der Waals surface area contributed by atoms with Gasteiger partial charge in [0.25, 0.3) is 0 Å². The Kier molecular flexibility index (Phi) is 41.5. The Labute approximate surface area is 788 Å². The molecule has 4 heterocycles. The number of H-pyrrole nitrogens is 1. The maximum absolute atomic E-state index is 15.2. The number of alkyl carbamates (subject to hydrolysis) is 1. The number of aromatic amines is 1. The van der Waals surface area contributed by atoms with E-state index in [1.807, 2.05) is 19.9 Å². The Morgan fingerprint density at radius 1 is 0.780 bits per heavy atom. The zero-order valence-electron chi connectivity index (χ0n) is 76.0. The van der Waals surface area contributed by atoms with Crippen molar-refractivity contribution in [3.05, 3.63) is 149 Å². The quantitative estimate of drug-likeness (QED) is 0.00851. The number of urea groups is 1. The second-order valence-corrected chi connectivity index (χ2v) is 38.5. The van der Waals surface area contributed by atoms with Crippen molar-refractivity contribution in [1.82, 2.24) is 68.4 Å². The number of epoxide rings is 1. The summed E-state index contributed by atoms with van der Waals surface area (Å²) in [5.41, 5.74) is 7.00. The van der Waals surface area contributed by atoms with Gasteiger partial charge in [-0.15, -0.1) is 6.58 Å². The number of amides is 13. The molecule has 0 saturated carbocycles. The SMILES string of the molecule is C=C[C@@H](OC)[C@@]1(O)C[C@@H]([C@@H](C)[C@@H]2O[C@@]2(C)[C@H](CC(=O)N(C)c2cc(C/C(C)=C/C)cc(OC)c2Cl)OC(=O)[C@H](C)N(C)C(=O)CCSSCCNC(=O)[C@@H](NC(=O)[C@@H]2CSSC[C@H](NC(=O)[C@@H](Cc3ccccc3)NC(=O)NCC)C(=O)N[C@@H](Cc3ccc(O)cc3)C(=O)N[C@H](Cc3c[nH]c4ccccc34)C(=O)N[C@@H](CCCCN)C(=O)N[C@@H]([C@@H](C)O)C(=O)N2)[C@@H](C)O)OC(=O)N1. The molecule has 8 rings (SSSR count). The van der Waals surface area contributed by atoms with Crippen LogP contribution in [0.15, 0.2) is 121 Å². The third-order valence-corrected chi connectivity index (χ3v) is 28.2. The van der Waals surface area contributed by atoms with Crippen LogP contribution in [0.1, 0.15) is 116 Å². The number of halogens is 1. The monoisotopic (exact) mass is 1930 g/mol. The maximum Gasteiger partial charge on any atom is 0.409 e. The number of allylic oxidation sites excluding steroid dienone is 2. The summed E-state index contributed by atoms with van der Waals surface area (Å²) in [6, 6.07) is 10.5. The van der Waals surface area contributed by atoms with Crippen LogP contribution in [0.4, 0.5) is 15.3 Å². The van der Waals surface area contributed by atoms with E-state index in [2.05, 4.69) is 70.0 Å². The van der Waals surface area contributed by atoms with Crippen molar-refractivity contribution in [3.63, 3.8) is 0 Å². The van der Waals surface area contributed by atoms with Gasteiger partial charge >= 0.3 is 18.1 Å². The van der Waals surface area contributed by atoms with Crippen molar-refractivity contribution in [2.75, 3.05) is 75.9 Å². The highest BCUT2D eigenvalue weighted by atomic mass is 35.5. The fraction of sp³-hybridized carbons (Fsp3) is 0.522. The van der Waals surface area contributed by atoms with Crippen LogP contribution in [0.5, 0.6) is 11.5 Å². The number of aliphatic hydroxyl groups excluding tert-OH is 2. The van der Waals surface area contributed by atoms with Crippen molar-refractivity contribution in [3.8, 4) is 11.5 Å². The number of nitrogens with zero attached hydrogens (tertiary/aromatic N) is 2. The Hall–Kier alpha value is -10.3. The molecule has 37 nitrogen and oxygen atoms in total. The van der Waals surface area contributed by atoms with Crippen LogP contribution in [-0.4, -0.2) is 281 Å². The minimum atomic E-state index is -1.93. The Morgan fingerprint density at radius 2 is 1.44 bits per heavy atom.